The summed E-state index contributed by atoms with van der Waals surface area (Å²) in [4.78, 5) is 31.9. The number of hydrogen-bond acceptors (Lipinski definition) is 5. The van der Waals surface area contributed by atoms with Gasteiger partial charge >= 0.3 is 0 Å². The van der Waals surface area contributed by atoms with Crippen LogP contribution >= 0.6 is 23.1 Å². The van der Waals surface area contributed by atoms with E-state index in [1.165, 1.54) is 23.1 Å². The number of thiophene rings is 1. The van der Waals surface area contributed by atoms with E-state index in [9.17, 15) is 9.59 Å². The Kier molecular flexibility index (Phi) is 6.36. The molecule has 0 atom stereocenters. The summed E-state index contributed by atoms with van der Waals surface area (Å²) in [5, 5.41) is 4.16. The number of aromatic nitrogens is 2. The summed E-state index contributed by atoms with van der Waals surface area (Å²) < 4.78 is 1.59. The van der Waals surface area contributed by atoms with Crippen LogP contribution in [0.2, 0.25) is 0 Å². The van der Waals surface area contributed by atoms with Crippen LogP contribution in [0.4, 0.5) is 5.69 Å². The van der Waals surface area contributed by atoms with Crippen molar-refractivity contribution in [1.29, 1.82) is 0 Å². The summed E-state index contributed by atoms with van der Waals surface area (Å²) in [5.41, 5.74) is 2.81. The van der Waals surface area contributed by atoms with E-state index in [0.29, 0.717) is 17.1 Å². The number of amides is 1. The number of allylic oxidation sites excluding steroid dienone is 1. The first kappa shape index (κ1) is 20.4. The molecule has 0 unspecified atom stereocenters. The third kappa shape index (κ3) is 4.05. The van der Waals surface area contributed by atoms with Crippen molar-refractivity contribution in [2.45, 2.75) is 38.9 Å². The molecular weight excluding hydrogens is 390 g/mol. The van der Waals surface area contributed by atoms with Crippen LogP contribution in [0.1, 0.15) is 22.9 Å². The van der Waals surface area contributed by atoms with Gasteiger partial charge in [0.1, 0.15) is 4.83 Å². The number of nitrogens with one attached hydrogen (secondary N) is 1. The number of aryl methyl sites for hydroxylation is 3. The van der Waals surface area contributed by atoms with Gasteiger partial charge in [0.25, 0.3) is 5.56 Å². The first-order chi connectivity index (χ1) is 13.5. The molecule has 3 aromatic rings. The normalized spacial score (nSPS) is 11.0. The summed E-state index contributed by atoms with van der Waals surface area (Å²) >= 11 is 2.78. The van der Waals surface area contributed by atoms with Crippen LogP contribution in [0.5, 0.6) is 0 Å². The molecule has 1 N–H and O–H groups in total. The van der Waals surface area contributed by atoms with E-state index in [1.807, 2.05) is 38.1 Å². The Morgan fingerprint density at radius 1 is 1.36 bits per heavy atom. The number of para-hydroxylation sites is 1. The minimum Gasteiger partial charge on any atom is -0.325 e. The molecule has 0 fully saturated rings. The summed E-state index contributed by atoms with van der Waals surface area (Å²) in [6.45, 7) is 10.1. The van der Waals surface area contributed by atoms with E-state index in [0.717, 1.165) is 32.9 Å². The molecule has 3 rings (SSSR count). The molecule has 7 heteroatoms. The molecule has 0 radical (unpaired) electrons. The molecule has 28 heavy (non-hydrogen) atoms. The highest BCUT2D eigenvalue weighted by Crippen LogP contribution is 2.28. The van der Waals surface area contributed by atoms with Crippen LogP contribution < -0.4 is 10.9 Å². The second-order valence-electron chi connectivity index (χ2n) is 6.41. The molecule has 0 saturated carbocycles. The number of fused-ring (bicyclic) bond motifs is 1. The second kappa shape index (κ2) is 8.75. The van der Waals surface area contributed by atoms with Crippen LogP contribution in [0.15, 0.2) is 46.9 Å². The SMILES string of the molecule is C=CCn1c(SCC(=O)Nc2ccccc2CC)nc2sc(C)c(C)c2c1=O. The van der Waals surface area contributed by atoms with E-state index >= 15 is 0 Å². The summed E-state index contributed by atoms with van der Waals surface area (Å²) in [7, 11) is 0. The lowest BCUT2D eigenvalue weighted by Gasteiger charge is -2.12. The van der Waals surface area contributed by atoms with Gasteiger partial charge in [-0.2, -0.15) is 0 Å². The van der Waals surface area contributed by atoms with E-state index in [1.54, 1.807) is 10.6 Å². The first-order valence-corrected chi connectivity index (χ1v) is 10.9. The molecule has 1 aromatic carbocycles. The van der Waals surface area contributed by atoms with Crippen LogP contribution in [-0.2, 0) is 17.8 Å². The van der Waals surface area contributed by atoms with Crippen molar-refractivity contribution >= 4 is 44.9 Å². The van der Waals surface area contributed by atoms with Crippen LogP contribution in [-0.4, -0.2) is 21.2 Å². The van der Waals surface area contributed by atoms with Gasteiger partial charge in [0.15, 0.2) is 5.16 Å². The molecule has 0 bridgehead atoms. The first-order valence-electron chi connectivity index (χ1n) is 9.08. The molecule has 0 aliphatic heterocycles. The zero-order chi connectivity index (χ0) is 20.3. The van der Waals surface area contributed by atoms with Gasteiger partial charge in [-0.15, -0.1) is 17.9 Å². The predicted octanol–water partition coefficient (Wildman–Crippen LogP) is 4.55. The van der Waals surface area contributed by atoms with Gasteiger partial charge in [-0.1, -0.05) is 43.0 Å². The fraction of sp³-hybridized carbons (Fsp3) is 0.286. The number of rotatable bonds is 7. The Morgan fingerprint density at radius 2 is 2.11 bits per heavy atom. The maximum atomic E-state index is 13.0. The van der Waals surface area contributed by atoms with Gasteiger partial charge < -0.3 is 5.32 Å². The quantitative estimate of drug-likeness (QED) is 0.350. The lowest BCUT2D eigenvalue weighted by Crippen LogP contribution is -2.23. The lowest BCUT2D eigenvalue weighted by atomic mass is 10.1. The van der Waals surface area contributed by atoms with Crippen molar-refractivity contribution in [2.24, 2.45) is 0 Å². The topological polar surface area (TPSA) is 64.0 Å². The van der Waals surface area contributed by atoms with E-state index in [2.05, 4.69) is 23.8 Å². The fourth-order valence-corrected chi connectivity index (χ4v) is 4.85. The van der Waals surface area contributed by atoms with Gasteiger partial charge in [-0.25, -0.2) is 4.98 Å². The zero-order valence-electron chi connectivity index (χ0n) is 16.2. The van der Waals surface area contributed by atoms with Crippen molar-refractivity contribution in [3.63, 3.8) is 0 Å². The highest BCUT2D eigenvalue weighted by atomic mass is 32.2. The van der Waals surface area contributed by atoms with E-state index in [-0.39, 0.29) is 17.2 Å². The average molecular weight is 414 g/mol. The molecule has 0 aliphatic carbocycles. The Morgan fingerprint density at radius 3 is 2.82 bits per heavy atom. The number of hydrogen-bond donors (Lipinski definition) is 1. The molecule has 0 saturated heterocycles. The minimum atomic E-state index is -0.121. The Bertz CT molecular complexity index is 1100. The smallest absolute Gasteiger partial charge is 0.263 e. The van der Waals surface area contributed by atoms with Crippen molar-refractivity contribution in [3.05, 3.63) is 63.3 Å². The number of benzene rings is 1. The van der Waals surface area contributed by atoms with Crippen LogP contribution in [0, 0.1) is 13.8 Å². The van der Waals surface area contributed by atoms with Crippen molar-refractivity contribution in [2.75, 3.05) is 11.1 Å². The van der Waals surface area contributed by atoms with Crippen LogP contribution in [0.3, 0.4) is 0 Å². The number of carbonyl (C=O) groups excluding carboxylic acids is 1. The maximum absolute atomic E-state index is 13.0. The monoisotopic (exact) mass is 413 g/mol. The predicted molar refractivity (Wildman–Crippen MR) is 119 cm³/mol. The molecule has 0 aliphatic rings. The summed E-state index contributed by atoms with van der Waals surface area (Å²) in [6.07, 6.45) is 2.52. The highest BCUT2D eigenvalue weighted by Gasteiger charge is 2.17. The molecular formula is C21H23N3O2S2. The number of carbonyl (C=O) groups is 1. The molecule has 0 spiro atoms. The number of thioether (sulfide) groups is 1. The van der Waals surface area contributed by atoms with Gasteiger partial charge in [-0.05, 0) is 37.5 Å². The molecule has 146 valence electrons. The third-order valence-electron chi connectivity index (χ3n) is 4.57. The minimum absolute atomic E-state index is 0.0778. The number of nitrogens with zero attached hydrogens (tertiary/aromatic N) is 2. The fourth-order valence-electron chi connectivity index (χ4n) is 2.98. The summed E-state index contributed by atoms with van der Waals surface area (Å²) in [5.74, 6) is 0.0557. The van der Waals surface area contributed by atoms with Crippen molar-refractivity contribution in [1.82, 2.24) is 9.55 Å². The van der Waals surface area contributed by atoms with Gasteiger partial charge in [0.2, 0.25) is 5.91 Å². The Hall–Kier alpha value is -2.38. The summed E-state index contributed by atoms with van der Waals surface area (Å²) in [6, 6.07) is 7.76. The van der Waals surface area contributed by atoms with Crippen molar-refractivity contribution < 1.29 is 4.79 Å². The molecule has 1 amide bonds. The second-order valence-corrected chi connectivity index (χ2v) is 8.56. The van der Waals surface area contributed by atoms with E-state index in [4.69, 9.17) is 0 Å². The van der Waals surface area contributed by atoms with E-state index < -0.39 is 0 Å². The maximum Gasteiger partial charge on any atom is 0.263 e. The lowest BCUT2D eigenvalue weighted by molar-refractivity contribution is -0.113. The molecule has 2 heterocycles. The number of anilines is 1. The molecule has 2 aromatic heterocycles. The Balaban J connectivity index is 1.85. The van der Waals surface area contributed by atoms with Crippen molar-refractivity contribution in [3.8, 4) is 0 Å². The Labute approximate surface area is 172 Å². The largest absolute Gasteiger partial charge is 0.325 e. The zero-order valence-corrected chi connectivity index (χ0v) is 17.9. The van der Waals surface area contributed by atoms with Crippen LogP contribution in [0.25, 0.3) is 10.2 Å². The van der Waals surface area contributed by atoms with Gasteiger partial charge in [0, 0.05) is 17.1 Å². The van der Waals surface area contributed by atoms with Gasteiger partial charge in [0.05, 0.1) is 11.1 Å². The standard InChI is InChI=1S/C21H23N3O2S2/c1-5-11-24-20(26)18-13(3)14(4)28-19(18)23-21(24)27-12-17(25)22-16-10-8-7-9-15(16)6-2/h5,7-10H,1,6,11-12H2,2-4H3,(H,22,25). The molecule has 5 nitrogen and oxygen atoms in total. The average Bonchev–Trinajstić information content (AvgIpc) is 2.97. The van der Waals surface area contributed by atoms with Gasteiger partial charge in [-0.3, -0.25) is 14.2 Å². The highest BCUT2D eigenvalue weighted by molar-refractivity contribution is 7.99. The third-order valence-corrected chi connectivity index (χ3v) is 6.65.